The number of rotatable bonds is 5. The van der Waals surface area contributed by atoms with Gasteiger partial charge in [0.15, 0.2) is 0 Å². The van der Waals surface area contributed by atoms with Gasteiger partial charge in [-0.3, -0.25) is 0 Å². The Kier molecular flexibility index (Phi) is 3.68. The Morgan fingerprint density at radius 2 is 2.17 bits per heavy atom. The molecule has 0 atom stereocenters. The van der Waals surface area contributed by atoms with Gasteiger partial charge in [-0.05, 0) is 50.4 Å². The number of benzene rings is 1. The molecule has 1 fully saturated rings. The van der Waals surface area contributed by atoms with E-state index >= 15 is 0 Å². The molecule has 3 heteroatoms. The van der Waals surface area contributed by atoms with E-state index in [-0.39, 0.29) is 11.2 Å². The van der Waals surface area contributed by atoms with Crippen molar-refractivity contribution < 1.29 is 4.39 Å². The fourth-order valence-electron chi connectivity index (χ4n) is 2.23. The molecule has 0 spiro atoms. The van der Waals surface area contributed by atoms with Crippen LogP contribution in [0.25, 0.3) is 0 Å². The number of halogens is 1. The van der Waals surface area contributed by atoms with Crippen LogP contribution in [0, 0.1) is 29.5 Å². The minimum absolute atomic E-state index is 0.0759. The van der Waals surface area contributed by atoms with E-state index in [2.05, 4.69) is 11.0 Å². The molecule has 1 saturated carbocycles. The van der Waals surface area contributed by atoms with E-state index in [9.17, 15) is 4.39 Å². The van der Waals surface area contributed by atoms with Crippen LogP contribution >= 0.6 is 0 Å². The average Bonchev–Trinajstić information content (AvgIpc) is 3.11. The summed E-state index contributed by atoms with van der Waals surface area (Å²) < 4.78 is 13.1. The summed E-state index contributed by atoms with van der Waals surface area (Å²) in [5.41, 5.74) is 1.78. The summed E-state index contributed by atoms with van der Waals surface area (Å²) in [7, 11) is 2.05. The Morgan fingerprint density at radius 3 is 2.72 bits per heavy atom. The second-order valence-electron chi connectivity index (χ2n) is 5.46. The standard InChI is InChI=1S/C15H19FN2/c1-12-9-13(3-4-14(12)16)5-8-18(2)11-15(10-17)6-7-15/h3-4,9H,5-8,11H2,1-2H3. The lowest BCUT2D eigenvalue weighted by Gasteiger charge is -2.19. The molecular formula is C15H19FN2. The molecule has 0 bridgehead atoms. The normalized spacial score (nSPS) is 16.6. The first-order chi connectivity index (χ1) is 8.54. The van der Waals surface area contributed by atoms with Gasteiger partial charge in [-0.2, -0.15) is 5.26 Å². The maximum atomic E-state index is 13.1. The molecule has 2 nitrogen and oxygen atoms in total. The van der Waals surface area contributed by atoms with Crippen molar-refractivity contribution >= 4 is 0 Å². The van der Waals surface area contributed by atoms with Gasteiger partial charge in [0.25, 0.3) is 0 Å². The van der Waals surface area contributed by atoms with Crippen LogP contribution in [0.15, 0.2) is 18.2 Å². The average molecular weight is 246 g/mol. The number of nitriles is 1. The highest BCUT2D eigenvalue weighted by atomic mass is 19.1. The second kappa shape index (κ2) is 5.07. The van der Waals surface area contributed by atoms with Gasteiger partial charge in [-0.15, -0.1) is 0 Å². The lowest BCUT2D eigenvalue weighted by atomic mass is 10.1. The van der Waals surface area contributed by atoms with Crippen LogP contribution in [-0.4, -0.2) is 25.0 Å². The first-order valence-electron chi connectivity index (χ1n) is 6.39. The van der Waals surface area contributed by atoms with Crippen LogP contribution in [0.4, 0.5) is 4.39 Å². The predicted molar refractivity (Wildman–Crippen MR) is 69.6 cm³/mol. The maximum absolute atomic E-state index is 13.1. The SMILES string of the molecule is Cc1cc(CCN(C)CC2(C#N)CC2)ccc1F. The topological polar surface area (TPSA) is 27.0 Å². The molecule has 96 valence electrons. The minimum atomic E-state index is -0.145. The quantitative estimate of drug-likeness (QED) is 0.798. The van der Waals surface area contributed by atoms with Gasteiger partial charge in [-0.1, -0.05) is 12.1 Å². The van der Waals surface area contributed by atoms with Gasteiger partial charge in [-0.25, -0.2) is 4.39 Å². The fourth-order valence-corrected chi connectivity index (χ4v) is 2.23. The molecule has 1 aliphatic carbocycles. The first-order valence-corrected chi connectivity index (χ1v) is 6.39. The number of likely N-dealkylation sites (N-methyl/N-ethyl adjacent to an activating group) is 1. The van der Waals surface area contributed by atoms with Crippen molar-refractivity contribution in [3.63, 3.8) is 0 Å². The van der Waals surface area contributed by atoms with Gasteiger partial charge in [0.2, 0.25) is 0 Å². The van der Waals surface area contributed by atoms with Crippen LogP contribution in [0.5, 0.6) is 0 Å². The Hall–Kier alpha value is -1.40. The molecule has 1 aliphatic rings. The Labute approximate surface area is 108 Å². The van der Waals surface area contributed by atoms with Gasteiger partial charge >= 0.3 is 0 Å². The molecule has 0 aliphatic heterocycles. The van der Waals surface area contributed by atoms with Gasteiger partial charge < -0.3 is 4.90 Å². The van der Waals surface area contributed by atoms with Crippen molar-refractivity contribution in [3.05, 3.63) is 35.1 Å². The lowest BCUT2D eigenvalue weighted by Crippen LogP contribution is -2.28. The van der Waals surface area contributed by atoms with Crippen molar-refractivity contribution in [2.75, 3.05) is 20.1 Å². The van der Waals surface area contributed by atoms with Crippen LogP contribution in [-0.2, 0) is 6.42 Å². The molecule has 2 rings (SSSR count). The van der Waals surface area contributed by atoms with Crippen LogP contribution in [0.1, 0.15) is 24.0 Å². The Morgan fingerprint density at radius 1 is 1.44 bits per heavy atom. The summed E-state index contributed by atoms with van der Waals surface area (Å²) in [5.74, 6) is -0.145. The third-order valence-corrected chi connectivity index (χ3v) is 3.67. The minimum Gasteiger partial charge on any atom is -0.304 e. The third kappa shape index (κ3) is 3.08. The van der Waals surface area contributed by atoms with Gasteiger partial charge in [0.1, 0.15) is 5.82 Å². The molecule has 0 heterocycles. The Balaban J connectivity index is 1.84. The number of hydrogen-bond acceptors (Lipinski definition) is 2. The summed E-state index contributed by atoms with van der Waals surface area (Å²) in [5, 5.41) is 9.04. The zero-order valence-electron chi connectivity index (χ0n) is 11.0. The van der Waals surface area contributed by atoms with E-state index in [0.717, 1.165) is 37.9 Å². The monoisotopic (exact) mass is 246 g/mol. The number of nitrogens with zero attached hydrogens (tertiary/aromatic N) is 2. The zero-order valence-corrected chi connectivity index (χ0v) is 11.0. The molecule has 1 aromatic rings. The highest BCUT2D eigenvalue weighted by molar-refractivity contribution is 5.24. The molecule has 0 saturated heterocycles. The van der Waals surface area contributed by atoms with Crippen molar-refractivity contribution in [3.8, 4) is 6.07 Å². The van der Waals surface area contributed by atoms with E-state index in [1.807, 2.05) is 19.2 Å². The largest absolute Gasteiger partial charge is 0.304 e. The van der Waals surface area contributed by atoms with Gasteiger partial charge in [0, 0.05) is 13.1 Å². The fraction of sp³-hybridized carbons (Fsp3) is 0.533. The summed E-state index contributed by atoms with van der Waals surface area (Å²) in [6, 6.07) is 7.68. The summed E-state index contributed by atoms with van der Waals surface area (Å²) in [6.07, 6.45) is 2.96. The van der Waals surface area contributed by atoms with Crippen molar-refractivity contribution in [2.24, 2.45) is 5.41 Å². The molecule has 1 aromatic carbocycles. The van der Waals surface area contributed by atoms with E-state index in [1.165, 1.54) is 6.07 Å². The van der Waals surface area contributed by atoms with Crippen molar-refractivity contribution in [1.29, 1.82) is 5.26 Å². The second-order valence-corrected chi connectivity index (χ2v) is 5.46. The predicted octanol–water partition coefficient (Wildman–Crippen LogP) is 2.91. The zero-order chi connectivity index (χ0) is 13.2. The van der Waals surface area contributed by atoms with Gasteiger partial charge in [0.05, 0.1) is 11.5 Å². The first kappa shape index (κ1) is 13.0. The molecular weight excluding hydrogens is 227 g/mol. The highest BCUT2D eigenvalue weighted by Crippen LogP contribution is 2.45. The smallest absolute Gasteiger partial charge is 0.126 e. The van der Waals surface area contributed by atoms with Crippen molar-refractivity contribution in [2.45, 2.75) is 26.2 Å². The van der Waals surface area contributed by atoms with E-state index in [0.29, 0.717) is 5.56 Å². The summed E-state index contributed by atoms with van der Waals surface area (Å²) in [6.45, 7) is 3.55. The van der Waals surface area contributed by atoms with E-state index in [4.69, 9.17) is 5.26 Å². The van der Waals surface area contributed by atoms with Crippen molar-refractivity contribution in [1.82, 2.24) is 4.90 Å². The van der Waals surface area contributed by atoms with Crippen LogP contribution < -0.4 is 0 Å². The molecule has 0 unspecified atom stereocenters. The molecule has 0 N–H and O–H groups in total. The molecule has 0 aromatic heterocycles. The number of hydrogen-bond donors (Lipinski definition) is 0. The van der Waals surface area contributed by atoms with Crippen LogP contribution in [0.3, 0.4) is 0 Å². The lowest BCUT2D eigenvalue weighted by molar-refractivity contribution is 0.297. The Bertz CT molecular complexity index is 472. The maximum Gasteiger partial charge on any atom is 0.126 e. The third-order valence-electron chi connectivity index (χ3n) is 3.67. The summed E-state index contributed by atoms with van der Waals surface area (Å²) >= 11 is 0. The molecule has 18 heavy (non-hydrogen) atoms. The van der Waals surface area contributed by atoms with Crippen LogP contribution in [0.2, 0.25) is 0 Å². The molecule has 0 radical (unpaired) electrons. The number of aryl methyl sites for hydroxylation is 1. The van der Waals surface area contributed by atoms with E-state index in [1.54, 1.807) is 6.92 Å². The molecule has 0 amide bonds. The summed E-state index contributed by atoms with van der Waals surface area (Å²) in [4.78, 5) is 2.20. The highest BCUT2D eigenvalue weighted by Gasteiger charge is 2.43. The van der Waals surface area contributed by atoms with E-state index < -0.39 is 0 Å².